The molecule has 7 nitrogen and oxygen atoms in total. The Bertz CT molecular complexity index is 1570. The fourth-order valence-electron chi connectivity index (χ4n) is 3.98. The second kappa shape index (κ2) is 8.88. The van der Waals surface area contributed by atoms with E-state index in [-0.39, 0.29) is 11.3 Å². The van der Waals surface area contributed by atoms with E-state index < -0.39 is 17.7 Å². The Morgan fingerprint density at radius 1 is 1.00 bits per heavy atom. The van der Waals surface area contributed by atoms with E-state index >= 15 is 0 Å². The second-order valence-electron chi connectivity index (χ2n) is 8.07. The average molecular weight is 491 g/mol. The van der Waals surface area contributed by atoms with Crippen LogP contribution in [0.15, 0.2) is 79.1 Å². The van der Waals surface area contributed by atoms with Crippen molar-refractivity contribution < 1.29 is 22.7 Å². The van der Waals surface area contributed by atoms with Gasteiger partial charge in [-0.1, -0.05) is 30.3 Å². The van der Waals surface area contributed by atoms with E-state index in [1.54, 1.807) is 36.0 Å². The van der Waals surface area contributed by atoms with Gasteiger partial charge in [0.2, 0.25) is 0 Å². The van der Waals surface area contributed by atoms with Gasteiger partial charge in [0.05, 0.1) is 23.9 Å². The number of esters is 1. The third-order valence-corrected chi connectivity index (χ3v) is 5.67. The molecule has 1 N–H and O–H groups in total. The Balaban J connectivity index is 1.66. The summed E-state index contributed by atoms with van der Waals surface area (Å²) >= 11 is 0. The number of rotatable bonds is 5. The van der Waals surface area contributed by atoms with Gasteiger partial charge in [0.15, 0.2) is 0 Å². The lowest BCUT2D eigenvalue weighted by molar-refractivity contribution is -0.137. The molecule has 0 radical (unpaired) electrons. The minimum absolute atomic E-state index is 0.0452. The minimum atomic E-state index is -4.55. The highest BCUT2D eigenvalue weighted by molar-refractivity contribution is 5.91. The molecular formula is C26H20F3N5O2. The van der Waals surface area contributed by atoms with E-state index in [1.165, 1.54) is 30.0 Å². The molecule has 5 aromatic rings. The van der Waals surface area contributed by atoms with Crippen molar-refractivity contribution in [2.24, 2.45) is 7.05 Å². The summed E-state index contributed by atoms with van der Waals surface area (Å²) in [6.45, 7) is 0. The number of aromatic nitrogens is 4. The molecule has 0 aliphatic carbocycles. The molecule has 0 saturated heterocycles. The first-order chi connectivity index (χ1) is 17.2. The van der Waals surface area contributed by atoms with Crippen LogP contribution in [-0.4, -0.2) is 32.2 Å². The number of benzene rings is 2. The Hall–Kier alpha value is -4.60. The number of methoxy groups -OCH3 is 1. The zero-order chi connectivity index (χ0) is 25.4. The largest absolute Gasteiger partial charge is 0.465 e. The van der Waals surface area contributed by atoms with E-state index in [2.05, 4.69) is 10.4 Å². The molecule has 2 aromatic carbocycles. The van der Waals surface area contributed by atoms with Crippen LogP contribution in [0.2, 0.25) is 0 Å². The fraction of sp³-hybridized carbons (Fsp3) is 0.115. The monoisotopic (exact) mass is 491 g/mol. The molecule has 0 bridgehead atoms. The van der Waals surface area contributed by atoms with E-state index in [4.69, 9.17) is 9.72 Å². The van der Waals surface area contributed by atoms with Gasteiger partial charge in [0.25, 0.3) is 0 Å². The number of halogens is 3. The number of alkyl halides is 3. The highest BCUT2D eigenvalue weighted by Gasteiger charge is 2.34. The summed E-state index contributed by atoms with van der Waals surface area (Å²) in [5.74, 6) is 0.0263. The summed E-state index contributed by atoms with van der Waals surface area (Å²) in [6.07, 6.45) is -1.30. The first-order valence-electron chi connectivity index (χ1n) is 10.9. The normalized spacial score (nSPS) is 11.6. The molecule has 10 heteroatoms. The number of nitrogens with one attached hydrogen (secondary N) is 1. The standard InChI is InChI=1S/C26H20F3N5O2/c1-33-12-11-21(32-33)19-15-18(8-9-20(19)26(27,28)29)30-24-23(16-6-4-3-5-7-16)31-22-14-17(25(35)36-2)10-13-34(22)24/h3-15,30H,1-2H3. The number of aryl methyl sites for hydroxylation is 1. The molecule has 0 aliphatic rings. The number of anilines is 2. The maximum Gasteiger partial charge on any atom is 0.417 e. The number of nitrogens with zero attached hydrogens (tertiary/aromatic N) is 4. The molecule has 0 aliphatic heterocycles. The molecule has 0 fully saturated rings. The Morgan fingerprint density at radius 2 is 1.78 bits per heavy atom. The van der Waals surface area contributed by atoms with Crippen molar-refractivity contribution in [1.29, 1.82) is 0 Å². The number of fused-ring (bicyclic) bond motifs is 1. The summed E-state index contributed by atoms with van der Waals surface area (Å²) in [6, 6.07) is 17.9. The second-order valence-corrected chi connectivity index (χ2v) is 8.07. The molecule has 0 spiro atoms. The zero-order valence-electron chi connectivity index (χ0n) is 19.2. The quantitative estimate of drug-likeness (QED) is 0.308. The van der Waals surface area contributed by atoms with Crippen molar-refractivity contribution in [2.75, 3.05) is 12.4 Å². The molecule has 36 heavy (non-hydrogen) atoms. The highest BCUT2D eigenvalue weighted by atomic mass is 19.4. The van der Waals surface area contributed by atoms with Crippen molar-refractivity contribution in [3.05, 3.63) is 90.3 Å². The van der Waals surface area contributed by atoms with E-state index in [0.717, 1.165) is 11.6 Å². The number of pyridine rings is 1. The third-order valence-electron chi connectivity index (χ3n) is 5.67. The molecule has 182 valence electrons. The van der Waals surface area contributed by atoms with Gasteiger partial charge in [0, 0.05) is 36.3 Å². The molecule has 5 rings (SSSR count). The minimum Gasteiger partial charge on any atom is -0.465 e. The predicted molar refractivity (Wildman–Crippen MR) is 129 cm³/mol. The number of ether oxygens (including phenoxy) is 1. The van der Waals surface area contributed by atoms with Crippen molar-refractivity contribution in [2.45, 2.75) is 6.18 Å². The number of carbonyl (C=O) groups excluding carboxylic acids is 1. The van der Waals surface area contributed by atoms with Crippen molar-refractivity contribution in [1.82, 2.24) is 19.2 Å². The first kappa shape index (κ1) is 23.2. The lowest BCUT2D eigenvalue weighted by Gasteiger charge is -2.15. The highest BCUT2D eigenvalue weighted by Crippen LogP contribution is 2.39. The third kappa shape index (κ3) is 4.28. The van der Waals surface area contributed by atoms with Crippen LogP contribution in [-0.2, 0) is 18.0 Å². The van der Waals surface area contributed by atoms with Gasteiger partial charge in [-0.3, -0.25) is 9.08 Å². The number of carbonyl (C=O) groups is 1. The summed E-state index contributed by atoms with van der Waals surface area (Å²) in [4.78, 5) is 16.7. The molecular weight excluding hydrogens is 471 g/mol. The molecule has 0 amide bonds. The summed E-state index contributed by atoms with van der Waals surface area (Å²) in [5, 5.41) is 7.40. The lowest BCUT2D eigenvalue weighted by Crippen LogP contribution is -2.08. The van der Waals surface area contributed by atoms with Gasteiger partial charge >= 0.3 is 12.1 Å². The number of hydrogen-bond donors (Lipinski definition) is 1. The first-order valence-corrected chi connectivity index (χ1v) is 10.9. The SMILES string of the molecule is COC(=O)c1ccn2c(Nc3ccc(C(F)(F)F)c(-c4ccn(C)n4)c3)c(-c3ccccc3)nc2c1. The van der Waals surface area contributed by atoms with E-state index in [1.807, 2.05) is 30.3 Å². The smallest absolute Gasteiger partial charge is 0.417 e. The summed E-state index contributed by atoms with van der Waals surface area (Å²) in [7, 11) is 2.94. The van der Waals surface area contributed by atoms with Crippen molar-refractivity contribution in [3.8, 4) is 22.5 Å². The van der Waals surface area contributed by atoms with Crippen LogP contribution >= 0.6 is 0 Å². The summed E-state index contributed by atoms with van der Waals surface area (Å²) in [5.41, 5.74) is 1.95. The van der Waals surface area contributed by atoms with Gasteiger partial charge in [0.1, 0.15) is 17.2 Å². The van der Waals surface area contributed by atoms with Crippen LogP contribution in [0.4, 0.5) is 24.7 Å². The summed E-state index contributed by atoms with van der Waals surface area (Å²) < 4.78 is 49.3. The Labute approximate surface area is 203 Å². The predicted octanol–water partition coefficient (Wildman–Crippen LogP) is 5.95. The number of hydrogen-bond acceptors (Lipinski definition) is 5. The lowest BCUT2D eigenvalue weighted by atomic mass is 10.0. The van der Waals surface area contributed by atoms with Crippen LogP contribution in [0, 0.1) is 0 Å². The van der Waals surface area contributed by atoms with Gasteiger partial charge in [-0.15, -0.1) is 0 Å². The molecule has 3 heterocycles. The van der Waals surface area contributed by atoms with Crippen molar-refractivity contribution >= 4 is 23.1 Å². The van der Waals surface area contributed by atoms with Gasteiger partial charge < -0.3 is 10.1 Å². The fourth-order valence-corrected chi connectivity index (χ4v) is 3.98. The van der Waals surface area contributed by atoms with Crippen LogP contribution in [0.1, 0.15) is 15.9 Å². The topological polar surface area (TPSA) is 73.5 Å². The van der Waals surface area contributed by atoms with Crippen molar-refractivity contribution in [3.63, 3.8) is 0 Å². The average Bonchev–Trinajstić information content (AvgIpc) is 3.46. The zero-order valence-corrected chi connectivity index (χ0v) is 19.2. The molecule has 0 atom stereocenters. The Kier molecular flexibility index (Phi) is 5.71. The van der Waals surface area contributed by atoms with E-state index in [9.17, 15) is 18.0 Å². The van der Waals surface area contributed by atoms with Gasteiger partial charge in [-0.25, -0.2) is 9.78 Å². The molecule has 3 aromatic heterocycles. The molecule has 0 unspecified atom stereocenters. The van der Waals surface area contributed by atoms with Crippen LogP contribution in [0.5, 0.6) is 0 Å². The van der Waals surface area contributed by atoms with Crippen LogP contribution in [0.25, 0.3) is 28.2 Å². The number of imidazole rings is 1. The van der Waals surface area contributed by atoms with E-state index in [0.29, 0.717) is 28.4 Å². The van der Waals surface area contributed by atoms with Gasteiger partial charge in [-0.2, -0.15) is 18.3 Å². The van der Waals surface area contributed by atoms with Gasteiger partial charge in [-0.05, 0) is 36.4 Å². The van der Waals surface area contributed by atoms with Crippen LogP contribution < -0.4 is 5.32 Å². The maximum atomic E-state index is 13.8. The maximum absolute atomic E-state index is 13.8. The Morgan fingerprint density at radius 3 is 2.44 bits per heavy atom. The molecule has 0 saturated carbocycles. The van der Waals surface area contributed by atoms with Crippen LogP contribution in [0.3, 0.4) is 0 Å².